The standard InChI is InChI=1S/C15H20Cl2N2O2/c1-15(21)5-2-7-19(8-6-15)10-14(20)18-11-3-4-12(16)13(17)9-11/h3-4,9,21H,2,5-8,10H2,1H3,(H,18,20). The summed E-state index contributed by atoms with van der Waals surface area (Å²) in [6.45, 7) is 3.72. The van der Waals surface area contributed by atoms with Gasteiger partial charge < -0.3 is 10.4 Å². The van der Waals surface area contributed by atoms with Gasteiger partial charge in [-0.25, -0.2) is 0 Å². The number of nitrogens with one attached hydrogen (secondary N) is 1. The van der Waals surface area contributed by atoms with Crippen molar-refractivity contribution in [2.75, 3.05) is 25.0 Å². The number of hydrogen-bond donors (Lipinski definition) is 2. The van der Waals surface area contributed by atoms with E-state index in [1.54, 1.807) is 18.2 Å². The summed E-state index contributed by atoms with van der Waals surface area (Å²) < 4.78 is 0. The minimum absolute atomic E-state index is 0.0880. The predicted molar refractivity (Wildman–Crippen MR) is 86.0 cm³/mol. The predicted octanol–water partition coefficient (Wildman–Crippen LogP) is 3.17. The van der Waals surface area contributed by atoms with Crippen LogP contribution in [0.5, 0.6) is 0 Å². The minimum Gasteiger partial charge on any atom is -0.390 e. The summed E-state index contributed by atoms with van der Waals surface area (Å²) >= 11 is 11.8. The number of hydrogen-bond acceptors (Lipinski definition) is 3. The first-order valence-corrected chi connectivity index (χ1v) is 7.81. The molecule has 1 saturated heterocycles. The van der Waals surface area contributed by atoms with E-state index in [9.17, 15) is 9.90 Å². The van der Waals surface area contributed by atoms with Gasteiger partial charge in [-0.2, -0.15) is 0 Å². The van der Waals surface area contributed by atoms with Crippen molar-refractivity contribution in [3.05, 3.63) is 28.2 Å². The Labute approximate surface area is 135 Å². The van der Waals surface area contributed by atoms with Crippen molar-refractivity contribution in [1.29, 1.82) is 0 Å². The zero-order valence-corrected chi connectivity index (χ0v) is 13.5. The van der Waals surface area contributed by atoms with Gasteiger partial charge in [-0.1, -0.05) is 23.2 Å². The molecule has 1 aliphatic heterocycles. The maximum atomic E-state index is 12.1. The molecule has 0 aromatic heterocycles. The number of amides is 1. The number of nitrogens with zero attached hydrogens (tertiary/aromatic N) is 1. The molecule has 4 nitrogen and oxygen atoms in total. The second-order valence-electron chi connectivity index (χ2n) is 5.80. The number of likely N-dealkylation sites (tertiary alicyclic amines) is 1. The average molecular weight is 331 g/mol. The first-order chi connectivity index (χ1) is 9.85. The molecule has 0 radical (unpaired) electrons. The zero-order chi connectivity index (χ0) is 15.5. The van der Waals surface area contributed by atoms with Crippen LogP contribution in [0, 0.1) is 0 Å². The molecule has 2 rings (SSSR count). The van der Waals surface area contributed by atoms with Gasteiger partial charge in [-0.3, -0.25) is 9.69 Å². The highest BCUT2D eigenvalue weighted by Crippen LogP contribution is 2.25. The Bertz CT molecular complexity index is 520. The SMILES string of the molecule is CC1(O)CCCN(CC(=O)Nc2ccc(Cl)c(Cl)c2)CC1. The second kappa shape index (κ2) is 6.97. The summed E-state index contributed by atoms with van der Waals surface area (Å²) in [4.78, 5) is 14.1. The van der Waals surface area contributed by atoms with Crippen LogP contribution in [0.25, 0.3) is 0 Å². The van der Waals surface area contributed by atoms with E-state index in [0.717, 1.165) is 25.9 Å². The summed E-state index contributed by atoms with van der Waals surface area (Å²) in [5, 5.41) is 13.7. The molecule has 1 aromatic carbocycles. The van der Waals surface area contributed by atoms with E-state index >= 15 is 0 Å². The molecule has 1 aromatic rings. The lowest BCUT2D eigenvalue weighted by Gasteiger charge is -2.22. The molecule has 21 heavy (non-hydrogen) atoms. The minimum atomic E-state index is -0.616. The number of carbonyl (C=O) groups excluding carboxylic acids is 1. The Morgan fingerprint density at radius 3 is 2.81 bits per heavy atom. The van der Waals surface area contributed by atoms with Gasteiger partial charge in [0.2, 0.25) is 5.91 Å². The molecule has 1 aliphatic rings. The number of anilines is 1. The van der Waals surface area contributed by atoms with E-state index in [0.29, 0.717) is 28.7 Å². The van der Waals surface area contributed by atoms with Crippen LogP contribution in [0.1, 0.15) is 26.2 Å². The Balaban J connectivity index is 1.88. The fourth-order valence-corrected chi connectivity index (χ4v) is 2.75. The van der Waals surface area contributed by atoms with E-state index in [-0.39, 0.29) is 5.91 Å². The number of aliphatic hydroxyl groups is 1. The van der Waals surface area contributed by atoms with Crippen LogP contribution in [0.15, 0.2) is 18.2 Å². The van der Waals surface area contributed by atoms with Crippen molar-refractivity contribution in [3.8, 4) is 0 Å². The van der Waals surface area contributed by atoms with E-state index in [2.05, 4.69) is 10.2 Å². The molecule has 0 bridgehead atoms. The monoisotopic (exact) mass is 330 g/mol. The Morgan fingerprint density at radius 1 is 1.33 bits per heavy atom. The molecular formula is C15H20Cl2N2O2. The normalized spacial score (nSPS) is 23.6. The molecule has 1 heterocycles. The molecule has 6 heteroatoms. The summed E-state index contributed by atoms with van der Waals surface area (Å²) in [7, 11) is 0. The Morgan fingerprint density at radius 2 is 2.10 bits per heavy atom. The molecule has 2 N–H and O–H groups in total. The molecule has 1 unspecified atom stereocenters. The highest BCUT2D eigenvalue weighted by Gasteiger charge is 2.25. The summed E-state index contributed by atoms with van der Waals surface area (Å²) in [6, 6.07) is 5.01. The van der Waals surface area contributed by atoms with Crippen molar-refractivity contribution in [1.82, 2.24) is 4.90 Å². The van der Waals surface area contributed by atoms with Crippen LogP contribution in [-0.4, -0.2) is 41.1 Å². The van der Waals surface area contributed by atoms with Gasteiger partial charge >= 0.3 is 0 Å². The number of rotatable bonds is 3. The lowest BCUT2D eigenvalue weighted by Crippen LogP contribution is -2.35. The van der Waals surface area contributed by atoms with E-state index in [1.165, 1.54) is 0 Å². The van der Waals surface area contributed by atoms with Gasteiger partial charge in [0.1, 0.15) is 0 Å². The summed E-state index contributed by atoms with van der Waals surface area (Å²) in [6.07, 6.45) is 2.36. The highest BCUT2D eigenvalue weighted by molar-refractivity contribution is 6.42. The summed E-state index contributed by atoms with van der Waals surface area (Å²) in [5.41, 5.74) is 0.0192. The smallest absolute Gasteiger partial charge is 0.238 e. The lowest BCUT2D eigenvalue weighted by molar-refractivity contribution is -0.117. The van der Waals surface area contributed by atoms with Gasteiger partial charge in [-0.15, -0.1) is 0 Å². The van der Waals surface area contributed by atoms with Crippen LogP contribution in [0.4, 0.5) is 5.69 Å². The maximum absolute atomic E-state index is 12.1. The average Bonchev–Trinajstić information content (AvgIpc) is 2.55. The Hall–Kier alpha value is -0.810. The van der Waals surface area contributed by atoms with Crippen molar-refractivity contribution >= 4 is 34.8 Å². The molecule has 1 amide bonds. The van der Waals surface area contributed by atoms with E-state index in [4.69, 9.17) is 23.2 Å². The molecule has 1 atom stereocenters. The first-order valence-electron chi connectivity index (χ1n) is 7.05. The van der Waals surface area contributed by atoms with E-state index in [1.807, 2.05) is 6.92 Å². The summed E-state index contributed by atoms with van der Waals surface area (Å²) in [5.74, 6) is -0.0880. The van der Waals surface area contributed by atoms with Crippen molar-refractivity contribution in [3.63, 3.8) is 0 Å². The van der Waals surface area contributed by atoms with Crippen molar-refractivity contribution in [2.24, 2.45) is 0 Å². The zero-order valence-electron chi connectivity index (χ0n) is 12.0. The molecule has 0 spiro atoms. The third-order valence-electron chi connectivity index (χ3n) is 3.73. The van der Waals surface area contributed by atoms with Crippen LogP contribution >= 0.6 is 23.2 Å². The van der Waals surface area contributed by atoms with Gasteiger partial charge in [0.05, 0.1) is 22.2 Å². The molecular weight excluding hydrogens is 311 g/mol. The third-order valence-corrected chi connectivity index (χ3v) is 4.47. The lowest BCUT2D eigenvalue weighted by atomic mass is 9.98. The second-order valence-corrected chi connectivity index (χ2v) is 6.62. The quantitative estimate of drug-likeness (QED) is 0.894. The topological polar surface area (TPSA) is 52.6 Å². The molecule has 116 valence electrons. The van der Waals surface area contributed by atoms with E-state index < -0.39 is 5.60 Å². The fourth-order valence-electron chi connectivity index (χ4n) is 2.45. The molecule has 1 fully saturated rings. The number of carbonyl (C=O) groups is 1. The first kappa shape index (κ1) is 16.6. The Kier molecular flexibility index (Phi) is 5.49. The van der Waals surface area contributed by atoms with Gasteiger partial charge in [0.25, 0.3) is 0 Å². The molecule has 0 aliphatic carbocycles. The van der Waals surface area contributed by atoms with Gasteiger partial charge in [-0.05, 0) is 50.9 Å². The molecule has 0 saturated carbocycles. The van der Waals surface area contributed by atoms with Crippen molar-refractivity contribution in [2.45, 2.75) is 31.8 Å². The third kappa shape index (κ3) is 5.15. The van der Waals surface area contributed by atoms with Crippen LogP contribution < -0.4 is 5.32 Å². The van der Waals surface area contributed by atoms with Crippen LogP contribution in [0.2, 0.25) is 10.0 Å². The van der Waals surface area contributed by atoms with Crippen LogP contribution in [-0.2, 0) is 4.79 Å². The van der Waals surface area contributed by atoms with Gasteiger partial charge in [0, 0.05) is 12.2 Å². The highest BCUT2D eigenvalue weighted by atomic mass is 35.5. The fraction of sp³-hybridized carbons (Fsp3) is 0.533. The van der Waals surface area contributed by atoms with Crippen molar-refractivity contribution < 1.29 is 9.90 Å². The number of benzene rings is 1. The van der Waals surface area contributed by atoms with Gasteiger partial charge in [0.15, 0.2) is 0 Å². The number of halogens is 2. The van der Waals surface area contributed by atoms with Crippen LogP contribution in [0.3, 0.4) is 0 Å². The largest absolute Gasteiger partial charge is 0.390 e. The maximum Gasteiger partial charge on any atom is 0.238 e.